The summed E-state index contributed by atoms with van der Waals surface area (Å²) in [6.07, 6.45) is 18.3. The van der Waals surface area contributed by atoms with E-state index in [4.69, 9.17) is 9.47 Å². The van der Waals surface area contributed by atoms with E-state index in [1.54, 1.807) is 0 Å². The molecule has 34 heavy (non-hydrogen) atoms. The van der Waals surface area contributed by atoms with E-state index in [0.29, 0.717) is 12.2 Å². The number of epoxide rings is 2. The average molecular weight is 485 g/mol. The van der Waals surface area contributed by atoms with Crippen LogP contribution in [0, 0.1) is 0 Å². The van der Waals surface area contributed by atoms with Gasteiger partial charge >= 0.3 is 0 Å². The fraction of sp³-hybridized carbons (Fsp3) is 0.857. The van der Waals surface area contributed by atoms with Crippen molar-refractivity contribution in [3.8, 4) is 0 Å². The number of likely N-dealkylation sites (N-methyl/N-ethyl adjacent to an activating group) is 2. The summed E-state index contributed by atoms with van der Waals surface area (Å²) < 4.78 is 10.2. The number of hydrogen-bond acceptors (Lipinski definition) is 6. The quantitative estimate of drug-likeness (QED) is 0.158. The van der Waals surface area contributed by atoms with Crippen LogP contribution in [0.15, 0.2) is 25.3 Å². The van der Waals surface area contributed by atoms with Gasteiger partial charge in [0.15, 0.2) is 0 Å². The standard InChI is InChI=1S/C12H28N2O2.C8H14O2.C8H14/c1-13(2)9-11(15)7-5-6-8-12(16)10-14(3)4;1(3-7-5-9-7)2-4-8-6-10-8;1-3-5-7-8-6-4-2/h11-12,15-16H,5-10H2,1-4H3;7-8H,1-6H2;3-4H,1-2,5-8H2. The summed E-state index contributed by atoms with van der Waals surface area (Å²) in [7, 11) is 7.85. The van der Waals surface area contributed by atoms with Gasteiger partial charge in [0.2, 0.25) is 0 Å². The van der Waals surface area contributed by atoms with Gasteiger partial charge in [0.1, 0.15) is 0 Å². The summed E-state index contributed by atoms with van der Waals surface area (Å²) in [6, 6.07) is 0. The lowest BCUT2D eigenvalue weighted by Crippen LogP contribution is -2.26. The molecule has 0 saturated carbocycles. The molecule has 2 fully saturated rings. The van der Waals surface area contributed by atoms with Crippen molar-refractivity contribution in [2.24, 2.45) is 0 Å². The lowest BCUT2D eigenvalue weighted by atomic mass is 10.1. The van der Waals surface area contributed by atoms with Crippen LogP contribution in [-0.2, 0) is 9.47 Å². The molecule has 0 radical (unpaired) electrons. The molecule has 0 aromatic carbocycles. The van der Waals surface area contributed by atoms with E-state index in [-0.39, 0.29) is 12.2 Å². The third kappa shape index (κ3) is 27.5. The van der Waals surface area contributed by atoms with E-state index in [9.17, 15) is 10.2 Å². The molecule has 2 aliphatic rings. The third-order valence-corrected chi connectivity index (χ3v) is 5.65. The normalized spacial score (nSPS) is 20.0. The van der Waals surface area contributed by atoms with Gasteiger partial charge in [-0.05, 0) is 79.6 Å². The maximum atomic E-state index is 9.62. The fourth-order valence-corrected chi connectivity index (χ4v) is 3.58. The molecule has 0 spiro atoms. The first kappa shape index (κ1) is 33.2. The number of hydrogen-bond donors (Lipinski definition) is 2. The second-order valence-corrected chi connectivity index (χ2v) is 10.2. The van der Waals surface area contributed by atoms with Gasteiger partial charge in [-0.2, -0.15) is 0 Å². The molecule has 2 rings (SSSR count). The molecule has 0 amide bonds. The fourth-order valence-electron chi connectivity index (χ4n) is 3.58. The predicted molar refractivity (Wildman–Crippen MR) is 144 cm³/mol. The number of aliphatic hydroxyl groups excluding tert-OH is 2. The Kier molecular flexibility index (Phi) is 22.2. The van der Waals surface area contributed by atoms with E-state index in [2.05, 4.69) is 13.2 Å². The van der Waals surface area contributed by atoms with Crippen molar-refractivity contribution in [1.82, 2.24) is 9.80 Å². The zero-order valence-corrected chi connectivity index (χ0v) is 22.8. The second-order valence-electron chi connectivity index (χ2n) is 10.2. The van der Waals surface area contributed by atoms with Crippen LogP contribution >= 0.6 is 0 Å². The van der Waals surface area contributed by atoms with E-state index in [1.807, 2.05) is 50.1 Å². The number of aliphatic hydroxyl groups is 2. The summed E-state index contributed by atoms with van der Waals surface area (Å²) in [4.78, 5) is 3.98. The maximum Gasteiger partial charge on any atom is 0.0810 e. The van der Waals surface area contributed by atoms with Crippen LogP contribution in [0.5, 0.6) is 0 Å². The Balaban J connectivity index is 0.000000515. The van der Waals surface area contributed by atoms with Gasteiger partial charge in [0.05, 0.1) is 37.6 Å². The topological polar surface area (TPSA) is 72.0 Å². The van der Waals surface area contributed by atoms with Crippen LogP contribution in [-0.4, -0.2) is 98.9 Å². The first-order valence-corrected chi connectivity index (χ1v) is 13.4. The smallest absolute Gasteiger partial charge is 0.0810 e. The molecule has 0 bridgehead atoms. The molecule has 2 saturated heterocycles. The highest BCUT2D eigenvalue weighted by molar-refractivity contribution is 4.72. The number of ether oxygens (including phenoxy) is 2. The molecule has 4 unspecified atom stereocenters. The van der Waals surface area contributed by atoms with Crippen molar-refractivity contribution in [3.63, 3.8) is 0 Å². The zero-order valence-electron chi connectivity index (χ0n) is 22.8. The van der Waals surface area contributed by atoms with Crippen LogP contribution < -0.4 is 0 Å². The summed E-state index contributed by atoms with van der Waals surface area (Å²) in [5, 5.41) is 19.2. The number of allylic oxidation sites excluding steroid dienone is 2. The van der Waals surface area contributed by atoms with Crippen molar-refractivity contribution < 1.29 is 19.7 Å². The Morgan fingerprint density at radius 1 is 0.706 bits per heavy atom. The zero-order chi connectivity index (χ0) is 25.6. The first-order chi connectivity index (χ1) is 16.3. The minimum absolute atomic E-state index is 0.235. The number of nitrogens with zero attached hydrogens (tertiary/aromatic N) is 2. The molecule has 6 nitrogen and oxygen atoms in total. The minimum Gasteiger partial charge on any atom is -0.392 e. The Morgan fingerprint density at radius 3 is 1.32 bits per heavy atom. The molecule has 202 valence electrons. The average Bonchev–Trinajstić information content (AvgIpc) is 3.67. The van der Waals surface area contributed by atoms with Gasteiger partial charge in [0.25, 0.3) is 0 Å². The van der Waals surface area contributed by atoms with Gasteiger partial charge in [-0.15, -0.1) is 13.2 Å². The molecule has 2 heterocycles. The Morgan fingerprint density at radius 2 is 1.06 bits per heavy atom. The van der Waals surface area contributed by atoms with Crippen molar-refractivity contribution in [2.75, 3.05) is 54.5 Å². The highest BCUT2D eigenvalue weighted by Gasteiger charge is 2.24. The van der Waals surface area contributed by atoms with Crippen molar-refractivity contribution >= 4 is 0 Å². The Hall–Kier alpha value is -0.760. The van der Waals surface area contributed by atoms with Gasteiger partial charge in [-0.3, -0.25) is 0 Å². The lowest BCUT2D eigenvalue weighted by Gasteiger charge is -2.17. The van der Waals surface area contributed by atoms with Gasteiger partial charge in [0, 0.05) is 13.1 Å². The first-order valence-electron chi connectivity index (χ1n) is 13.4. The largest absolute Gasteiger partial charge is 0.392 e. The van der Waals surface area contributed by atoms with E-state index in [1.165, 1.54) is 38.5 Å². The highest BCUT2D eigenvalue weighted by Crippen LogP contribution is 2.21. The molecular weight excluding hydrogens is 428 g/mol. The molecular formula is C28H56N2O4. The van der Waals surface area contributed by atoms with Crippen molar-refractivity contribution in [1.29, 1.82) is 0 Å². The van der Waals surface area contributed by atoms with Crippen LogP contribution in [0.1, 0.15) is 77.0 Å². The Labute approximate surface area is 211 Å². The summed E-state index contributed by atoms with van der Waals surface area (Å²) in [5.41, 5.74) is 0. The van der Waals surface area contributed by atoms with Crippen LogP contribution in [0.4, 0.5) is 0 Å². The van der Waals surface area contributed by atoms with Crippen LogP contribution in [0.2, 0.25) is 0 Å². The van der Waals surface area contributed by atoms with Crippen molar-refractivity contribution in [3.05, 3.63) is 25.3 Å². The van der Waals surface area contributed by atoms with Gasteiger partial charge in [-0.25, -0.2) is 0 Å². The molecule has 4 atom stereocenters. The SMILES string of the molecule is C(CCC1CO1)CC1CO1.C=CCCCCC=C.CN(C)CC(O)CCCCC(O)CN(C)C. The third-order valence-electron chi connectivity index (χ3n) is 5.65. The second kappa shape index (κ2) is 22.7. The molecule has 2 aliphatic heterocycles. The number of unbranched alkanes of at least 4 members (excludes halogenated alkanes) is 5. The molecule has 6 heteroatoms. The Bertz CT molecular complexity index is 423. The minimum atomic E-state index is -0.235. The monoisotopic (exact) mass is 484 g/mol. The lowest BCUT2D eigenvalue weighted by molar-refractivity contribution is 0.111. The van der Waals surface area contributed by atoms with E-state index < -0.39 is 0 Å². The molecule has 0 aromatic heterocycles. The maximum absolute atomic E-state index is 9.62. The van der Waals surface area contributed by atoms with Crippen molar-refractivity contribution in [2.45, 2.75) is 101 Å². The van der Waals surface area contributed by atoms with Gasteiger partial charge < -0.3 is 29.5 Å². The predicted octanol–water partition coefficient (Wildman–Crippen LogP) is 4.66. The van der Waals surface area contributed by atoms with E-state index >= 15 is 0 Å². The summed E-state index contributed by atoms with van der Waals surface area (Å²) in [5.74, 6) is 0. The summed E-state index contributed by atoms with van der Waals surface area (Å²) >= 11 is 0. The molecule has 0 aromatic rings. The molecule has 2 N–H and O–H groups in total. The van der Waals surface area contributed by atoms with Crippen LogP contribution in [0.3, 0.4) is 0 Å². The highest BCUT2D eigenvalue weighted by atomic mass is 16.6. The molecule has 0 aliphatic carbocycles. The number of rotatable bonds is 19. The van der Waals surface area contributed by atoms with Crippen LogP contribution in [0.25, 0.3) is 0 Å². The van der Waals surface area contributed by atoms with E-state index in [0.717, 1.165) is 64.8 Å². The summed E-state index contributed by atoms with van der Waals surface area (Å²) in [6.45, 7) is 10.7. The van der Waals surface area contributed by atoms with Gasteiger partial charge in [-0.1, -0.05) is 37.8 Å².